The van der Waals surface area contributed by atoms with Crippen molar-refractivity contribution >= 4 is 38.1 Å². The number of benzene rings is 1. The average Bonchev–Trinajstić information content (AvgIpc) is 2.58. The van der Waals surface area contributed by atoms with Crippen molar-refractivity contribution in [2.75, 3.05) is 5.32 Å². The van der Waals surface area contributed by atoms with Gasteiger partial charge in [-0.1, -0.05) is 6.58 Å². The summed E-state index contributed by atoms with van der Waals surface area (Å²) in [5, 5.41) is 2.52. The first-order valence-electron chi connectivity index (χ1n) is 6.11. The molecule has 5 N–H and O–H groups in total. The lowest BCUT2D eigenvalue weighted by molar-refractivity contribution is 0.479. The molecule has 0 aromatic heterocycles. The van der Waals surface area contributed by atoms with Gasteiger partial charge in [0.2, 0.25) is 0 Å². The number of nitrogens with one attached hydrogen (secondary N) is 1. The van der Waals surface area contributed by atoms with E-state index in [1.54, 1.807) is 0 Å². The lowest BCUT2D eigenvalue weighted by Gasteiger charge is -2.13. The molecule has 0 fully saturated rings. The van der Waals surface area contributed by atoms with Crippen molar-refractivity contribution in [3.63, 3.8) is 0 Å². The second kappa shape index (κ2) is 6.16. The van der Waals surface area contributed by atoms with E-state index < -0.39 is 30.0 Å². The molecule has 1 aromatic rings. The molecule has 12 heteroatoms. The Morgan fingerprint density at radius 2 is 1.79 bits per heavy atom. The Balaban J connectivity index is 2.58. The van der Waals surface area contributed by atoms with Crippen molar-refractivity contribution in [3.8, 4) is 0 Å². The Labute approximate surface area is 137 Å². The highest BCUT2D eigenvalue weighted by Crippen LogP contribution is 2.26. The lowest BCUT2D eigenvalue weighted by Crippen LogP contribution is -2.17. The highest BCUT2D eigenvalue weighted by atomic mass is 32.2. The minimum Gasteiger partial charge on any atom is -0.384 e. The van der Waals surface area contributed by atoms with Crippen molar-refractivity contribution < 1.29 is 25.9 Å². The van der Waals surface area contributed by atoms with Gasteiger partial charge in [0.25, 0.3) is 20.2 Å². The van der Waals surface area contributed by atoms with E-state index in [1.165, 1.54) is 6.08 Å². The molecule has 2 rings (SSSR count). The molecule has 0 saturated heterocycles. The van der Waals surface area contributed by atoms with Crippen LogP contribution in [0.15, 0.2) is 62.0 Å². The van der Waals surface area contributed by atoms with Gasteiger partial charge in [-0.2, -0.15) is 16.8 Å². The third-order valence-electron chi connectivity index (χ3n) is 2.80. The fourth-order valence-electron chi connectivity index (χ4n) is 1.75. The van der Waals surface area contributed by atoms with Crippen LogP contribution in [0.1, 0.15) is 0 Å². The number of rotatable bonds is 3. The standard InChI is InChI=1S/C12H12N4O6S2/c1-7-4-11(13)14-6-15-12(7)16-9-5-8(23(17,18)19)2-3-10(9)24(20,21)22/h2-6H,1,13H2,(H,14,15,16)(H,17,18,19)(H,20,21,22). The van der Waals surface area contributed by atoms with Gasteiger partial charge in [0, 0.05) is 5.57 Å². The minimum absolute atomic E-state index is 0.0107. The minimum atomic E-state index is -4.68. The number of anilines is 1. The summed E-state index contributed by atoms with van der Waals surface area (Å²) in [5.74, 6) is 0.110. The molecule has 0 aliphatic carbocycles. The SMILES string of the molecule is C=C1C=C(N)N=CN=C1Nc1cc(S(=O)(=O)O)ccc1S(=O)(=O)O. The summed E-state index contributed by atoms with van der Waals surface area (Å²) in [6, 6.07) is 2.47. The number of hydrogen-bond donors (Lipinski definition) is 4. The Morgan fingerprint density at radius 3 is 2.38 bits per heavy atom. The van der Waals surface area contributed by atoms with Gasteiger partial charge in [-0.05, 0) is 24.3 Å². The third kappa shape index (κ3) is 4.05. The van der Waals surface area contributed by atoms with Crippen molar-refractivity contribution in [2.45, 2.75) is 9.79 Å². The van der Waals surface area contributed by atoms with E-state index in [1.807, 2.05) is 0 Å². The molecule has 0 atom stereocenters. The number of nitrogens with zero attached hydrogens (tertiary/aromatic N) is 2. The van der Waals surface area contributed by atoms with Crippen LogP contribution >= 0.6 is 0 Å². The van der Waals surface area contributed by atoms with Gasteiger partial charge in [0.05, 0.1) is 10.6 Å². The van der Waals surface area contributed by atoms with Crippen molar-refractivity contribution in [3.05, 3.63) is 42.2 Å². The largest absolute Gasteiger partial charge is 0.384 e. The Bertz CT molecular complexity index is 1010. The molecule has 128 valence electrons. The Kier molecular flexibility index (Phi) is 4.57. The van der Waals surface area contributed by atoms with E-state index in [4.69, 9.17) is 10.3 Å². The maximum absolute atomic E-state index is 11.4. The zero-order chi connectivity index (χ0) is 18.1. The molecule has 0 spiro atoms. The first-order valence-corrected chi connectivity index (χ1v) is 8.99. The first kappa shape index (κ1) is 17.8. The summed E-state index contributed by atoms with van der Waals surface area (Å²) in [6.45, 7) is 3.66. The highest BCUT2D eigenvalue weighted by molar-refractivity contribution is 7.86. The van der Waals surface area contributed by atoms with Gasteiger partial charge >= 0.3 is 0 Å². The molecule has 1 aliphatic rings. The number of nitrogens with two attached hydrogens (primary N) is 1. The molecule has 10 nitrogen and oxygen atoms in total. The molecular weight excluding hydrogens is 360 g/mol. The number of aliphatic imine (C=N–C) groups is 2. The molecule has 1 heterocycles. The van der Waals surface area contributed by atoms with Crippen LogP contribution in [0.5, 0.6) is 0 Å². The van der Waals surface area contributed by atoms with Crippen LogP contribution in [0.4, 0.5) is 5.69 Å². The van der Waals surface area contributed by atoms with Crippen LogP contribution in [0.3, 0.4) is 0 Å². The fraction of sp³-hybridized carbons (Fsp3) is 0. The third-order valence-corrected chi connectivity index (χ3v) is 4.56. The van der Waals surface area contributed by atoms with Crippen LogP contribution < -0.4 is 11.1 Å². The van der Waals surface area contributed by atoms with E-state index in [-0.39, 0.29) is 22.9 Å². The van der Waals surface area contributed by atoms with Crippen LogP contribution in [-0.2, 0) is 20.2 Å². The van der Waals surface area contributed by atoms with Crippen LogP contribution in [0, 0.1) is 0 Å². The maximum atomic E-state index is 11.4. The number of hydrogen-bond acceptors (Lipinski definition) is 8. The highest BCUT2D eigenvalue weighted by Gasteiger charge is 2.21. The topological polar surface area (TPSA) is 172 Å². The van der Waals surface area contributed by atoms with Gasteiger partial charge in [-0.15, -0.1) is 0 Å². The van der Waals surface area contributed by atoms with E-state index >= 15 is 0 Å². The molecule has 1 aromatic carbocycles. The van der Waals surface area contributed by atoms with E-state index in [0.717, 1.165) is 24.5 Å². The normalized spacial score (nSPS) is 15.5. The van der Waals surface area contributed by atoms with Gasteiger partial charge < -0.3 is 11.1 Å². The van der Waals surface area contributed by atoms with Crippen molar-refractivity contribution in [1.29, 1.82) is 0 Å². The summed E-state index contributed by atoms with van der Waals surface area (Å²) in [6.07, 6.45) is 2.42. The van der Waals surface area contributed by atoms with E-state index in [9.17, 15) is 21.4 Å². The molecular formula is C12H12N4O6S2. The Morgan fingerprint density at radius 1 is 1.12 bits per heavy atom. The maximum Gasteiger partial charge on any atom is 0.296 e. The molecule has 0 unspecified atom stereocenters. The van der Waals surface area contributed by atoms with Crippen molar-refractivity contribution in [1.82, 2.24) is 0 Å². The summed E-state index contributed by atoms with van der Waals surface area (Å²) < 4.78 is 63.7. The quantitative estimate of drug-likeness (QED) is 0.552. The second-order valence-electron chi connectivity index (χ2n) is 4.55. The summed E-state index contributed by atoms with van der Waals surface area (Å²) >= 11 is 0. The van der Waals surface area contributed by atoms with E-state index in [0.29, 0.717) is 0 Å². The molecule has 0 amide bonds. The zero-order valence-electron chi connectivity index (χ0n) is 11.9. The molecule has 0 saturated carbocycles. The van der Waals surface area contributed by atoms with Gasteiger partial charge in [0.15, 0.2) is 0 Å². The van der Waals surface area contributed by atoms with E-state index in [2.05, 4.69) is 21.9 Å². The molecule has 1 aliphatic heterocycles. The number of amidine groups is 1. The Hall–Kier alpha value is -2.54. The first-order chi connectivity index (χ1) is 11.0. The summed E-state index contributed by atoms with van der Waals surface area (Å²) in [4.78, 5) is 6.37. The van der Waals surface area contributed by atoms with Crippen LogP contribution in [0.2, 0.25) is 0 Å². The second-order valence-corrected chi connectivity index (χ2v) is 7.36. The van der Waals surface area contributed by atoms with Crippen LogP contribution in [0.25, 0.3) is 0 Å². The van der Waals surface area contributed by atoms with Gasteiger partial charge in [-0.3, -0.25) is 9.11 Å². The average molecular weight is 372 g/mol. The van der Waals surface area contributed by atoms with Gasteiger partial charge in [-0.25, -0.2) is 9.98 Å². The molecule has 0 bridgehead atoms. The summed E-state index contributed by atoms with van der Waals surface area (Å²) in [5.41, 5.74) is 5.40. The summed E-state index contributed by atoms with van der Waals surface area (Å²) in [7, 11) is -9.28. The van der Waals surface area contributed by atoms with Crippen molar-refractivity contribution in [2.24, 2.45) is 15.7 Å². The van der Waals surface area contributed by atoms with Gasteiger partial charge in [0.1, 0.15) is 22.9 Å². The smallest absolute Gasteiger partial charge is 0.296 e. The predicted molar refractivity (Wildman–Crippen MR) is 87.0 cm³/mol. The zero-order valence-corrected chi connectivity index (χ0v) is 13.5. The molecule has 24 heavy (non-hydrogen) atoms. The molecule has 0 radical (unpaired) electrons. The predicted octanol–water partition coefficient (Wildman–Crippen LogP) is 0.389. The lowest BCUT2D eigenvalue weighted by atomic mass is 10.2. The monoisotopic (exact) mass is 372 g/mol. The fourth-order valence-corrected chi connectivity index (χ4v) is 2.89. The van der Waals surface area contributed by atoms with Crippen LogP contribution in [-0.4, -0.2) is 38.1 Å².